The molecule has 3 fully saturated rings. The smallest absolute Gasteiger partial charge is 0.159 e. The first-order valence-electron chi connectivity index (χ1n) is 13.9. The molecule has 0 radical (unpaired) electrons. The van der Waals surface area contributed by atoms with E-state index in [4.69, 9.17) is 0 Å². The maximum absolute atomic E-state index is 13.3. The number of allylic oxidation sites excluding steroid dienone is 1. The van der Waals surface area contributed by atoms with Gasteiger partial charge in [0.15, 0.2) is 5.78 Å². The van der Waals surface area contributed by atoms with Gasteiger partial charge >= 0.3 is 0 Å². The zero-order chi connectivity index (χ0) is 27.1. The Morgan fingerprint density at radius 1 is 1.06 bits per heavy atom. The highest BCUT2D eigenvalue weighted by molar-refractivity contribution is 5.95. The Hall–Kier alpha value is -0.830. The lowest BCUT2D eigenvalue weighted by Crippen LogP contribution is -2.61. The molecular weight excluding hydrogens is 460 g/mol. The summed E-state index contributed by atoms with van der Waals surface area (Å²) in [6.45, 7) is 10.9. The Kier molecular flexibility index (Phi) is 6.93. The summed E-state index contributed by atoms with van der Waals surface area (Å²) in [5.41, 5.74) is -3.84. The van der Waals surface area contributed by atoms with Crippen molar-refractivity contribution in [3.8, 4) is 0 Å². The van der Waals surface area contributed by atoms with E-state index in [1.165, 1.54) is 0 Å². The lowest BCUT2D eigenvalue weighted by Gasteiger charge is -2.60. The largest absolute Gasteiger partial charge is 0.393 e. The standard InChI is InChI=1S/C29H48O7/c1-16(30)17(25(2,3)34)8-11-28(6,35)24-9-12-29(36)19-13-21(31)20-14-22(32)23(33)15-26(20,4)18(19)7-10-27(24,29)5/h13,16-18,20,22-24,30,32-36H,7-12,14-15H2,1-6H3. The van der Waals surface area contributed by atoms with Crippen LogP contribution in [0.3, 0.4) is 0 Å². The molecule has 6 N–H and O–H groups in total. The van der Waals surface area contributed by atoms with Crippen molar-refractivity contribution in [2.45, 2.75) is 128 Å². The lowest BCUT2D eigenvalue weighted by atomic mass is 9.45. The minimum atomic E-state index is -1.23. The number of aliphatic hydroxyl groups excluding tert-OH is 3. The lowest BCUT2D eigenvalue weighted by molar-refractivity contribution is -0.161. The molecule has 0 amide bonds. The number of aliphatic hydroxyl groups is 6. The number of rotatable bonds is 6. The zero-order valence-electron chi connectivity index (χ0n) is 22.9. The molecule has 4 aliphatic carbocycles. The van der Waals surface area contributed by atoms with Gasteiger partial charge in [0.2, 0.25) is 0 Å². The molecule has 3 saturated carbocycles. The fourth-order valence-electron chi connectivity index (χ4n) is 9.17. The van der Waals surface area contributed by atoms with E-state index in [0.717, 1.165) is 12.0 Å². The zero-order valence-corrected chi connectivity index (χ0v) is 22.9. The van der Waals surface area contributed by atoms with Crippen LogP contribution in [0.2, 0.25) is 0 Å². The first kappa shape index (κ1) is 28.2. The van der Waals surface area contributed by atoms with Gasteiger partial charge in [-0.3, -0.25) is 4.79 Å². The van der Waals surface area contributed by atoms with E-state index in [1.807, 2.05) is 13.8 Å². The molecule has 0 spiro atoms. The third-order valence-electron chi connectivity index (χ3n) is 11.3. The first-order chi connectivity index (χ1) is 16.4. The van der Waals surface area contributed by atoms with Crippen molar-refractivity contribution in [1.29, 1.82) is 0 Å². The molecule has 0 heterocycles. The van der Waals surface area contributed by atoms with E-state index >= 15 is 0 Å². The normalized spacial score (nSPS) is 46.2. The Morgan fingerprint density at radius 3 is 2.28 bits per heavy atom. The van der Waals surface area contributed by atoms with Crippen molar-refractivity contribution in [3.05, 3.63) is 11.6 Å². The van der Waals surface area contributed by atoms with Crippen molar-refractivity contribution >= 4 is 5.78 Å². The molecule has 0 saturated heterocycles. The summed E-state index contributed by atoms with van der Waals surface area (Å²) in [4.78, 5) is 13.3. The van der Waals surface area contributed by atoms with Gasteiger partial charge in [-0.2, -0.15) is 0 Å². The molecule has 0 bridgehead atoms. The molecule has 11 atom stereocenters. The molecule has 4 aliphatic rings. The summed E-state index contributed by atoms with van der Waals surface area (Å²) >= 11 is 0. The third-order valence-corrected chi connectivity index (χ3v) is 11.3. The van der Waals surface area contributed by atoms with Crippen LogP contribution in [0.1, 0.15) is 92.9 Å². The van der Waals surface area contributed by atoms with Crippen LogP contribution in [0, 0.1) is 34.5 Å². The number of fused-ring (bicyclic) bond motifs is 5. The SMILES string of the molecule is CC(O)C(CCC(C)(O)C1CCC2(O)C3=CC(=O)C4CC(O)C(O)CC4(C)C3CCC12C)C(C)(C)O. The van der Waals surface area contributed by atoms with Gasteiger partial charge in [-0.15, -0.1) is 0 Å². The van der Waals surface area contributed by atoms with Crippen molar-refractivity contribution in [2.75, 3.05) is 0 Å². The molecule has 0 aromatic heterocycles. The van der Waals surface area contributed by atoms with Gasteiger partial charge in [-0.05, 0) is 108 Å². The van der Waals surface area contributed by atoms with E-state index in [0.29, 0.717) is 38.5 Å². The maximum atomic E-state index is 13.3. The minimum Gasteiger partial charge on any atom is -0.393 e. The monoisotopic (exact) mass is 508 g/mol. The highest BCUT2D eigenvalue weighted by atomic mass is 16.3. The van der Waals surface area contributed by atoms with Crippen LogP contribution in [-0.4, -0.2) is 71.5 Å². The van der Waals surface area contributed by atoms with Crippen LogP contribution in [0.5, 0.6) is 0 Å². The summed E-state index contributed by atoms with van der Waals surface area (Å²) < 4.78 is 0. The van der Waals surface area contributed by atoms with Gasteiger partial charge in [0, 0.05) is 17.3 Å². The Bertz CT molecular complexity index is 904. The van der Waals surface area contributed by atoms with Gasteiger partial charge in [0.25, 0.3) is 0 Å². The molecule has 4 rings (SSSR count). The van der Waals surface area contributed by atoms with Crippen LogP contribution in [0.15, 0.2) is 11.6 Å². The van der Waals surface area contributed by atoms with Gasteiger partial charge in [0.05, 0.1) is 35.1 Å². The summed E-state index contributed by atoms with van der Waals surface area (Å²) in [6, 6.07) is 0. The second-order valence-corrected chi connectivity index (χ2v) is 14.0. The summed E-state index contributed by atoms with van der Waals surface area (Å²) in [6.07, 6.45) is 3.05. The van der Waals surface area contributed by atoms with Crippen LogP contribution in [0.25, 0.3) is 0 Å². The first-order valence-corrected chi connectivity index (χ1v) is 13.9. The van der Waals surface area contributed by atoms with E-state index < -0.39 is 51.9 Å². The van der Waals surface area contributed by atoms with E-state index in [2.05, 4.69) is 0 Å². The van der Waals surface area contributed by atoms with Gasteiger partial charge in [-0.1, -0.05) is 13.8 Å². The number of carbonyl (C=O) groups excluding carboxylic acids is 1. The number of carbonyl (C=O) groups is 1. The van der Waals surface area contributed by atoms with E-state index in [-0.39, 0.29) is 30.0 Å². The number of hydrogen-bond acceptors (Lipinski definition) is 7. The van der Waals surface area contributed by atoms with Crippen molar-refractivity contribution in [2.24, 2.45) is 34.5 Å². The number of ketones is 1. The van der Waals surface area contributed by atoms with Crippen LogP contribution in [-0.2, 0) is 4.79 Å². The predicted octanol–water partition coefficient (Wildman–Crippen LogP) is 2.49. The average molecular weight is 509 g/mol. The Balaban J connectivity index is 1.63. The van der Waals surface area contributed by atoms with Crippen molar-refractivity contribution < 1.29 is 35.4 Å². The molecular formula is C29H48O7. The molecule has 0 aliphatic heterocycles. The van der Waals surface area contributed by atoms with E-state index in [9.17, 15) is 35.4 Å². The maximum Gasteiger partial charge on any atom is 0.159 e. The molecule has 7 nitrogen and oxygen atoms in total. The van der Waals surface area contributed by atoms with Crippen molar-refractivity contribution in [3.63, 3.8) is 0 Å². The molecule has 206 valence electrons. The highest BCUT2D eigenvalue weighted by Gasteiger charge is 2.68. The van der Waals surface area contributed by atoms with Crippen LogP contribution >= 0.6 is 0 Å². The second-order valence-electron chi connectivity index (χ2n) is 14.0. The average Bonchev–Trinajstić information content (AvgIpc) is 3.01. The summed E-state index contributed by atoms with van der Waals surface area (Å²) in [5.74, 6) is -1.10. The fraction of sp³-hybridized carbons (Fsp3) is 0.897. The molecule has 0 aromatic carbocycles. The van der Waals surface area contributed by atoms with E-state index in [1.54, 1.807) is 33.8 Å². The summed E-state index contributed by atoms with van der Waals surface area (Å²) in [5, 5.41) is 65.6. The van der Waals surface area contributed by atoms with Crippen LogP contribution < -0.4 is 0 Å². The molecule has 0 aromatic rings. The number of hydrogen-bond donors (Lipinski definition) is 6. The molecule has 7 heteroatoms. The van der Waals surface area contributed by atoms with Gasteiger partial charge in [0.1, 0.15) is 0 Å². The topological polar surface area (TPSA) is 138 Å². The minimum absolute atomic E-state index is 0.0565. The van der Waals surface area contributed by atoms with Crippen molar-refractivity contribution in [1.82, 2.24) is 0 Å². The molecule has 11 unspecified atom stereocenters. The van der Waals surface area contributed by atoms with Crippen LogP contribution in [0.4, 0.5) is 0 Å². The fourth-order valence-corrected chi connectivity index (χ4v) is 9.17. The Labute approximate surface area is 215 Å². The Morgan fingerprint density at radius 2 is 1.69 bits per heavy atom. The van der Waals surface area contributed by atoms with Gasteiger partial charge < -0.3 is 30.6 Å². The third kappa shape index (κ3) is 4.13. The van der Waals surface area contributed by atoms with Gasteiger partial charge in [-0.25, -0.2) is 0 Å². The second kappa shape index (κ2) is 8.85. The highest BCUT2D eigenvalue weighted by Crippen LogP contribution is 2.68. The molecule has 36 heavy (non-hydrogen) atoms. The predicted molar refractivity (Wildman–Crippen MR) is 136 cm³/mol. The summed E-state index contributed by atoms with van der Waals surface area (Å²) in [7, 11) is 0. The quantitative estimate of drug-likeness (QED) is 0.324.